The maximum absolute atomic E-state index is 12.2. The van der Waals surface area contributed by atoms with Crippen molar-refractivity contribution in [1.29, 1.82) is 0 Å². The Kier molecular flexibility index (Phi) is 6.84. The fourth-order valence-corrected chi connectivity index (χ4v) is 3.41. The summed E-state index contributed by atoms with van der Waals surface area (Å²) in [7, 11) is -3.29. The van der Waals surface area contributed by atoms with Crippen molar-refractivity contribution in [2.75, 3.05) is 25.4 Å². The summed E-state index contributed by atoms with van der Waals surface area (Å²) in [6.07, 6.45) is 1.28. The van der Waals surface area contributed by atoms with E-state index in [2.05, 4.69) is 0 Å². The van der Waals surface area contributed by atoms with E-state index in [0.717, 1.165) is 12.0 Å². The lowest BCUT2D eigenvalue weighted by molar-refractivity contribution is -0.138. The Labute approximate surface area is 126 Å². The van der Waals surface area contributed by atoms with Crippen LogP contribution in [0.1, 0.15) is 25.3 Å². The van der Waals surface area contributed by atoms with E-state index in [1.807, 2.05) is 13.8 Å². The van der Waals surface area contributed by atoms with Gasteiger partial charge in [0.2, 0.25) is 0 Å². The average Bonchev–Trinajstić information content (AvgIpc) is 2.38. The number of carbonyl (C=O) groups is 1. The first-order chi connectivity index (χ1) is 9.85. The summed E-state index contributed by atoms with van der Waals surface area (Å²) in [4.78, 5) is 12.8. The average molecular weight is 313 g/mol. The van der Waals surface area contributed by atoms with Crippen LogP contribution in [-0.2, 0) is 14.6 Å². The third-order valence-corrected chi connectivity index (χ3v) is 4.98. The first-order valence-electron chi connectivity index (χ1n) is 7.08. The lowest BCUT2D eigenvalue weighted by atomic mass is 10.2. The summed E-state index contributed by atoms with van der Waals surface area (Å²) in [5.41, 5.74) is 1.02. The summed E-state index contributed by atoms with van der Waals surface area (Å²) in [5, 5.41) is 8.81. The van der Waals surface area contributed by atoms with E-state index in [9.17, 15) is 13.2 Å². The van der Waals surface area contributed by atoms with Gasteiger partial charge in [-0.15, -0.1) is 0 Å². The first kappa shape index (κ1) is 17.7. The summed E-state index contributed by atoms with van der Waals surface area (Å²) in [5.74, 6) is -0.847. The quantitative estimate of drug-likeness (QED) is 0.754. The molecule has 0 fully saturated rings. The fourth-order valence-electron chi connectivity index (χ4n) is 2.12. The largest absolute Gasteiger partial charge is 0.480 e. The van der Waals surface area contributed by atoms with Gasteiger partial charge < -0.3 is 5.11 Å². The van der Waals surface area contributed by atoms with Gasteiger partial charge in [0, 0.05) is 0 Å². The Balaban J connectivity index is 2.56. The second-order valence-electron chi connectivity index (χ2n) is 5.16. The topological polar surface area (TPSA) is 74.7 Å². The molecule has 0 amide bonds. The van der Waals surface area contributed by atoms with Crippen LogP contribution in [0.5, 0.6) is 0 Å². The van der Waals surface area contributed by atoms with Gasteiger partial charge in [-0.2, -0.15) is 0 Å². The molecule has 0 saturated carbocycles. The molecule has 0 heterocycles. The van der Waals surface area contributed by atoms with Crippen molar-refractivity contribution in [2.24, 2.45) is 0 Å². The van der Waals surface area contributed by atoms with Crippen LogP contribution in [0.25, 0.3) is 0 Å². The molecule has 0 aromatic heterocycles. The van der Waals surface area contributed by atoms with E-state index >= 15 is 0 Å². The Morgan fingerprint density at radius 2 is 1.81 bits per heavy atom. The number of sulfone groups is 1. The minimum Gasteiger partial charge on any atom is -0.480 e. The van der Waals surface area contributed by atoms with Crippen molar-refractivity contribution in [1.82, 2.24) is 4.90 Å². The highest BCUT2D eigenvalue weighted by molar-refractivity contribution is 7.91. The lowest BCUT2D eigenvalue weighted by Gasteiger charge is -2.19. The lowest BCUT2D eigenvalue weighted by Crippen LogP contribution is -2.32. The molecule has 0 spiro atoms. The summed E-state index contributed by atoms with van der Waals surface area (Å²) < 4.78 is 24.3. The molecule has 5 nitrogen and oxygen atoms in total. The van der Waals surface area contributed by atoms with E-state index < -0.39 is 15.8 Å². The molecule has 1 rings (SSSR count). The van der Waals surface area contributed by atoms with Crippen molar-refractivity contribution in [3.05, 3.63) is 29.8 Å². The van der Waals surface area contributed by atoms with Crippen LogP contribution < -0.4 is 0 Å². The molecule has 0 aliphatic carbocycles. The predicted octanol–water partition coefficient (Wildman–Crippen LogP) is 1.96. The van der Waals surface area contributed by atoms with Gasteiger partial charge in [-0.1, -0.05) is 24.6 Å². The zero-order valence-corrected chi connectivity index (χ0v) is 13.4. The van der Waals surface area contributed by atoms with Gasteiger partial charge in [-0.05, 0) is 45.0 Å². The minimum absolute atomic E-state index is 0.0376. The SMILES string of the molecule is CCCN(CCCS(=O)(=O)c1ccc(C)cc1)CC(=O)O. The number of rotatable bonds is 9. The number of carboxylic acids is 1. The van der Waals surface area contributed by atoms with Gasteiger partial charge in [-0.3, -0.25) is 9.69 Å². The van der Waals surface area contributed by atoms with Crippen molar-refractivity contribution in [3.8, 4) is 0 Å². The maximum atomic E-state index is 12.2. The molecule has 0 aliphatic heterocycles. The highest BCUT2D eigenvalue weighted by atomic mass is 32.2. The number of carboxylic acid groups (broad SMARTS) is 1. The molecule has 1 aromatic carbocycles. The maximum Gasteiger partial charge on any atom is 0.317 e. The molecule has 21 heavy (non-hydrogen) atoms. The number of hydrogen-bond acceptors (Lipinski definition) is 4. The molecular formula is C15H23NO4S. The second kappa shape index (κ2) is 8.14. The van der Waals surface area contributed by atoms with Crippen molar-refractivity contribution >= 4 is 15.8 Å². The van der Waals surface area contributed by atoms with Gasteiger partial charge in [0.15, 0.2) is 9.84 Å². The summed E-state index contributed by atoms with van der Waals surface area (Å²) in [6, 6.07) is 6.79. The minimum atomic E-state index is -3.29. The summed E-state index contributed by atoms with van der Waals surface area (Å²) in [6.45, 7) is 4.98. The summed E-state index contributed by atoms with van der Waals surface area (Å²) >= 11 is 0. The molecular weight excluding hydrogens is 290 g/mol. The van der Waals surface area contributed by atoms with Crippen LogP contribution in [0.3, 0.4) is 0 Å². The normalized spacial score (nSPS) is 11.8. The van der Waals surface area contributed by atoms with Crippen LogP contribution in [0.15, 0.2) is 29.2 Å². The van der Waals surface area contributed by atoms with Crippen LogP contribution in [0.2, 0.25) is 0 Å². The fraction of sp³-hybridized carbons (Fsp3) is 0.533. The Morgan fingerprint density at radius 1 is 1.19 bits per heavy atom. The van der Waals surface area contributed by atoms with Gasteiger partial charge in [0.1, 0.15) is 0 Å². The smallest absolute Gasteiger partial charge is 0.317 e. The Morgan fingerprint density at radius 3 is 2.33 bits per heavy atom. The number of benzene rings is 1. The van der Waals surface area contributed by atoms with E-state index in [1.165, 1.54) is 0 Å². The Bertz CT molecular complexity index is 552. The molecule has 0 unspecified atom stereocenters. The molecule has 0 saturated heterocycles. The third kappa shape index (κ3) is 6.27. The molecule has 0 radical (unpaired) electrons. The highest BCUT2D eigenvalue weighted by Crippen LogP contribution is 2.13. The Hall–Kier alpha value is -1.40. The molecule has 0 bridgehead atoms. The zero-order valence-electron chi connectivity index (χ0n) is 12.6. The van der Waals surface area contributed by atoms with E-state index in [-0.39, 0.29) is 12.3 Å². The van der Waals surface area contributed by atoms with Gasteiger partial charge in [0.25, 0.3) is 0 Å². The second-order valence-corrected chi connectivity index (χ2v) is 7.26. The van der Waals surface area contributed by atoms with Crippen LogP contribution in [-0.4, -0.2) is 49.8 Å². The number of hydrogen-bond donors (Lipinski definition) is 1. The van der Waals surface area contributed by atoms with E-state index in [1.54, 1.807) is 29.2 Å². The van der Waals surface area contributed by atoms with E-state index in [4.69, 9.17) is 5.11 Å². The van der Waals surface area contributed by atoms with Gasteiger partial charge in [0.05, 0.1) is 17.2 Å². The molecule has 6 heteroatoms. The van der Waals surface area contributed by atoms with Gasteiger partial charge in [-0.25, -0.2) is 8.42 Å². The standard InChI is InChI=1S/C15H23NO4S/c1-3-9-16(12-15(17)18)10-4-11-21(19,20)14-7-5-13(2)6-8-14/h5-8H,3-4,9-12H2,1-2H3,(H,17,18). The molecule has 1 aromatic rings. The molecule has 0 atom stereocenters. The van der Waals surface area contributed by atoms with Crippen LogP contribution >= 0.6 is 0 Å². The van der Waals surface area contributed by atoms with Crippen LogP contribution in [0, 0.1) is 6.92 Å². The van der Waals surface area contributed by atoms with Crippen molar-refractivity contribution in [2.45, 2.75) is 31.6 Å². The zero-order chi connectivity index (χ0) is 15.9. The van der Waals surface area contributed by atoms with Crippen molar-refractivity contribution < 1.29 is 18.3 Å². The third-order valence-electron chi connectivity index (χ3n) is 3.17. The van der Waals surface area contributed by atoms with Crippen molar-refractivity contribution in [3.63, 3.8) is 0 Å². The molecule has 1 N–H and O–H groups in total. The predicted molar refractivity (Wildman–Crippen MR) is 82.2 cm³/mol. The molecule has 118 valence electrons. The number of aliphatic carboxylic acids is 1. The molecule has 0 aliphatic rings. The first-order valence-corrected chi connectivity index (χ1v) is 8.74. The van der Waals surface area contributed by atoms with Crippen LogP contribution in [0.4, 0.5) is 0 Å². The van der Waals surface area contributed by atoms with Gasteiger partial charge >= 0.3 is 5.97 Å². The number of nitrogens with zero attached hydrogens (tertiary/aromatic N) is 1. The highest BCUT2D eigenvalue weighted by Gasteiger charge is 2.15. The number of aryl methyl sites for hydroxylation is 1. The monoisotopic (exact) mass is 313 g/mol. The van der Waals surface area contributed by atoms with E-state index in [0.29, 0.717) is 24.4 Å².